The number of rotatable bonds is 6. The van der Waals surface area contributed by atoms with Crippen LogP contribution in [0.5, 0.6) is 0 Å². The highest BCUT2D eigenvalue weighted by atomic mass is 15.6. The number of anilines is 1. The second kappa shape index (κ2) is 8.60. The molecule has 6 heteroatoms. The Labute approximate surface area is 168 Å². The molecule has 0 radical (unpaired) electrons. The lowest BCUT2D eigenvalue weighted by Crippen LogP contribution is -2.48. The van der Waals surface area contributed by atoms with E-state index in [0.717, 1.165) is 44.8 Å². The zero-order valence-electron chi connectivity index (χ0n) is 17.6. The van der Waals surface area contributed by atoms with Crippen molar-refractivity contribution in [2.45, 2.75) is 71.4 Å². The maximum atomic E-state index is 4.50. The Balaban J connectivity index is 1.49. The molecule has 1 aliphatic heterocycles. The largest absolute Gasteiger partial charge is 0.369 e. The maximum Gasteiger partial charge on any atom is 0.168 e. The third-order valence-corrected chi connectivity index (χ3v) is 6.72. The fraction of sp³-hybridized carbons (Fsp3) is 0.682. The highest BCUT2D eigenvalue weighted by molar-refractivity contribution is 5.56. The number of benzene rings is 1. The van der Waals surface area contributed by atoms with Crippen molar-refractivity contribution in [3.8, 4) is 0 Å². The lowest BCUT2D eigenvalue weighted by molar-refractivity contribution is 0.161. The van der Waals surface area contributed by atoms with Crippen LogP contribution in [0.15, 0.2) is 18.2 Å². The average Bonchev–Trinajstić information content (AvgIpc) is 3.40. The molecule has 1 aromatic heterocycles. The van der Waals surface area contributed by atoms with E-state index in [1.807, 2.05) is 0 Å². The first-order valence-electron chi connectivity index (χ1n) is 11.0. The summed E-state index contributed by atoms with van der Waals surface area (Å²) in [5.41, 5.74) is 4.17. The first kappa shape index (κ1) is 19.4. The molecule has 1 aromatic carbocycles. The van der Waals surface area contributed by atoms with Gasteiger partial charge < -0.3 is 4.90 Å². The number of hydrogen-bond acceptors (Lipinski definition) is 5. The standard InChI is InChI=1S/C22H34N6/c1-4-8-21(22-23-24-25-28(22)19-10-5-6-11-19)27-15-13-26(14-16-27)20-12-7-9-17(2)18(20)3/h7,9,12,19,21H,4-6,8,10-11,13-16H2,1-3H3/t21-/m0/s1. The molecule has 152 valence electrons. The Hall–Kier alpha value is -1.95. The minimum absolute atomic E-state index is 0.335. The van der Waals surface area contributed by atoms with E-state index in [9.17, 15) is 0 Å². The molecular formula is C22H34N6. The normalized spacial score (nSPS) is 20.0. The van der Waals surface area contributed by atoms with Crippen molar-refractivity contribution in [2.24, 2.45) is 0 Å². The van der Waals surface area contributed by atoms with Gasteiger partial charge in [0.1, 0.15) is 0 Å². The fourth-order valence-electron chi connectivity index (χ4n) is 4.93. The van der Waals surface area contributed by atoms with Crippen LogP contribution >= 0.6 is 0 Å². The summed E-state index contributed by atoms with van der Waals surface area (Å²) in [6.07, 6.45) is 7.32. The predicted molar refractivity (Wildman–Crippen MR) is 113 cm³/mol. The van der Waals surface area contributed by atoms with Gasteiger partial charge in [-0.1, -0.05) is 38.3 Å². The molecule has 1 saturated heterocycles. The van der Waals surface area contributed by atoms with E-state index in [4.69, 9.17) is 0 Å². The highest BCUT2D eigenvalue weighted by Gasteiger charge is 2.31. The van der Waals surface area contributed by atoms with Crippen molar-refractivity contribution in [3.63, 3.8) is 0 Å². The van der Waals surface area contributed by atoms with Gasteiger partial charge in [0.05, 0.1) is 12.1 Å². The molecule has 0 spiro atoms. The van der Waals surface area contributed by atoms with Crippen LogP contribution in [0.1, 0.15) is 74.5 Å². The Morgan fingerprint density at radius 2 is 1.82 bits per heavy atom. The number of aryl methyl sites for hydroxylation is 1. The molecule has 1 aliphatic carbocycles. The number of nitrogens with zero attached hydrogens (tertiary/aromatic N) is 6. The molecule has 1 saturated carbocycles. The predicted octanol–water partition coefficient (Wildman–Crippen LogP) is 4.07. The Morgan fingerprint density at radius 1 is 1.07 bits per heavy atom. The van der Waals surface area contributed by atoms with E-state index in [1.165, 1.54) is 42.5 Å². The van der Waals surface area contributed by atoms with E-state index in [2.05, 4.69) is 69.0 Å². The van der Waals surface area contributed by atoms with Crippen LogP contribution in [0.4, 0.5) is 5.69 Å². The van der Waals surface area contributed by atoms with Crippen LogP contribution in [-0.4, -0.2) is 51.3 Å². The first-order valence-corrected chi connectivity index (χ1v) is 11.0. The summed E-state index contributed by atoms with van der Waals surface area (Å²) in [5.74, 6) is 1.09. The van der Waals surface area contributed by atoms with Crippen LogP contribution < -0.4 is 4.90 Å². The summed E-state index contributed by atoms with van der Waals surface area (Å²) < 4.78 is 2.16. The zero-order valence-corrected chi connectivity index (χ0v) is 17.6. The van der Waals surface area contributed by atoms with Crippen molar-refractivity contribution in [2.75, 3.05) is 31.1 Å². The molecular weight excluding hydrogens is 348 g/mol. The number of aromatic nitrogens is 4. The summed E-state index contributed by atoms with van der Waals surface area (Å²) in [5, 5.41) is 13.0. The van der Waals surface area contributed by atoms with Crippen molar-refractivity contribution in [1.82, 2.24) is 25.1 Å². The smallest absolute Gasteiger partial charge is 0.168 e. The summed E-state index contributed by atoms with van der Waals surface area (Å²) in [6, 6.07) is 7.48. The maximum absolute atomic E-state index is 4.50. The van der Waals surface area contributed by atoms with Gasteiger partial charge in [-0.3, -0.25) is 4.90 Å². The second-order valence-corrected chi connectivity index (χ2v) is 8.47. The van der Waals surface area contributed by atoms with Gasteiger partial charge in [-0.2, -0.15) is 0 Å². The molecule has 2 aliphatic rings. The van der Waals surface area contributed by atoms with Gasteiger partial charge in [0.15, 0.2) is 5.82 Å². The molecule has 0 unspecified atom stereocenters. The number of hydrogen-bond donors (Lipinski definition) is 0. The highest BCUT2D eigenvalue weighted by Crippen LogP contribution is 2.33. The topological polar surface area (TPSA) is 50.1 Å². The van der Waals surface area contributed by atoms with Crippen LogP contribution in [0.2, 0.25) is 0 Å². The van der Waals surface area contributed by atoms with Gasteiger partial charge in [-0.25, -0.2) is 4.68 Å². The van der Waals surface area contributed by atoms with E-state index >= 15 is 0 Å². The lowest BCUT2D eigenvalue weighted by Gasteiger charge is -2.40. The SMILES string of the molecule is CCC[C@@H](c1nnnn1C1CCCC1)N1CCN(c2cccc(C)c2C)CC1. The van der Waals surface area contributed by atoms with E-state index in [0.29, 0.717) is 12.1 Å². The second-order valence-electron chi connectivity index (χ2n) is 8.47. The Bertz CT molecular complexity index is 771. The van der Waals surface area contributed by atoms with Crippen LogP contribution in [0, 0.1) is 13.8 Å². The molecule has 4 rings (SSSR count). The Morgan fingerprint density at radius 3 is 2.54 bits per heavy atom. The molecule has 0 bridgehead atoms. The third-order valence-electron chi connectivity index (χ3n) is 6.72. The van der Waals surface area contributed by atoms with E-state index in [1.54, 1.807) is 0 Å². The lowest BCUT2D eigenvalue weighted by atomic mass is 10.0. The zero-order chi connectivity index (χ0) is 19.5. The minimum Gasteiger partial charge on any atom is -0.369 e. The minimum atomic E-state index is 0.335. The van der Waals surface area contributed by atoms with Crippen molar-refractivity contribution >= 4 is 5.69 Å². The molecule has 0 N–H and O–H groups in total. The van der Waals surface area contributed by atoms with Gasteiger partial charge in [0, 0.05) is 31.9 Å². The molecule has 2 heterocycles. The fourth-order valence-corrected chi connectivity index (χ4v) is 4.93. The van der Waals surface area contributed by atoms with Crippen LogP contribution in [0.25, 0.3) is 0 Å². The van der Waals surface area contributed by atoms with Crippen molar-refractivity contribution in [1.29, 1.82) is 0 Å². The molecule has 2 aromatic rings. The molecule has 1 atom stereocenters. The summed E-state index contributed by atoms with van der Waals surface area (Å²) >= 11 is 0. The number of piperazine rings is 1. The van der Waals surface area contributed by atoms with E-state index < -0.39 is 0 Å². The number of tetrazole rings is 1. The third kappa shape index (κ3) is 3.79. The summed E-state index contributed by atoms with van der Waals surface area (Å²) in [6.45, 7) is 11.0. The summed E-state index contributed by atoms with van der Waals surface area (Å²) in [4.78, 5) is 5.16. The van der Waals surface area contributed by atoms with E-state index in [-0.39, 0.29) is 0 Å². The Kier molecular flexibility index (Phi) is 5.95. The van der Waals surface area contributed by atoms with Gasteiger partial charge in [0.2, 0.25) is 0 Å². The van der Waals surface area contributed by atoms with Gasteiger partial charge >= 0.3 is 0 Å². The average molecular weight is 383 g/mol. The molecule has 6 nitrogen and oxygen atoms in total. The molecule has 28 heavy (non-hydrogen) atoms. The van der Waals surface area contributed by atoms with Gasteiger partial charge in [-0.15, -0.1) is 5.10 Å². The monoisotopic (exact) mass is 382 g/mol. The van der Waals surface area contributed by atoms with Crippen LogP contribution in [0.3, 0.4) is 0 Å². The van der Waals surface area contributed by atoms with Gasteiger partial charge in [-0.05, 0) is 60.7 Å². The molecule has 2 fully saturated rings. The quantitative estimate of drug-likeness (QED) is 0.754. The first-order chi connectivity index (χ1) is 13.7. The van der Waals surface area contributed by atoms with Crippen molar-refractivity contribution < 1.29 is 0 Å². The van der Waals surface area contributed by atoms with Crippen LogP contribution in [-0.2, 0) is 0 Å². The van der Waals surface area contributed by atoms with Gasteiger partial charge in [0.25, 0.3) is 0 Å². The summed E-state index contributed by atoms with van der Waals surface area (Å²) in [7, 11) is 0. The van der Waals surface area contributed by atoms with Crippen molar-refractivity contribution in [3.05, 3.63) is 35.2 Å². The molecule has 0 amide bonds.